The molecule has 6 rings (SSSR count). The van der Waals surface area contributed by atoms with Crippen LogP contribution in [0.15, 0.2) is 42.5 Å². The smallest absolute Gasteiger partial charge is 0.250 e. The lowest BCUT2D eigenvalue weighted by Gasteiger charge is -2.36. The van der Waals surface area contributed by atoms with Crippen LogP contribution in [0.4, 0.5) is 11.4 Å². The van der Waals surface area contributed by atoms with Gasteiger partial charge in [-0.1, -0.05) is 11.6 Å². The summed E-state index contributed by atoms with van der Waals surface area (Å²) in [5.41, 5.74) is 0.639. The third-order valence-electron chi connectivity index (χ3n) is 7.29. The normalized spacial score (nSPS) is 31.2. The Labute approximate surface area is 183 Å². The minimum Gasteiger partial charge on any atom is -0.497 e. The van der Waals surface area contributed by atoms with Crippen LogP contribution < -0.4 is 15.0 Å². The lowest BCUT2D eigenvalue weighted by Crippen LogP contribution is -2.54. The lowest BCUT2D eigenvalue weighted by molar-refractivity contribution is -0.135. The SMILES string of the molecule is COc1ccc(N2C(=O)[C@@H]3[C@@H](C2=O)[C@]2(C(=O)Nc4ccc(Cl)cc42)N2CCC[C@@H]32)cc1. The highest BCUT2D eigenvalue weighted by Gasteiger charge is 2.74. The number of hydrogen-bond donors (Lipinski definition) is 1. The Morgan fingerprint density at radius 1 is 1.10 bits per heavy atom. The summed E-state index contributed by atoms with van der Waals surface area (Å²) in [4.78, 5) is 44.3. The van der Waals surface area contributed by atoms with Crippen LogP contribution in [0.5, 0.6) is 5.75 Å². The number of carbonyl (C=O) groups is 3. The number of nitrogens with one attached hydrogen (secondary N) is 1. The van der Waals surface area contributed by atoms with E-state index in [0.29, 0.717) is 34.3 Å². The zero-order valence-electron chi connectivity index (χ0n) is 16.8. The van der Waals surface area contributed by atoms with Gasteiger partial charge in [-0.25, -0.2) is 4.90 Å². The molecule has 4 heterocycles. The van der Waals surface area contributed by atoms with Gasteiger partial charge in [0, 0.05) is 22.3 Å². The van der Waals surface area contributed by atoms with Gasteiger partial charge < -0.3 is 10.1 Å². The van der Waals surface area contributed by atoms with Crippen molar-refractivity contribution >= 4 is 40.7 Å². The fourth-order valence-electron chi connectivity index (χ4n) is 6.16. The average molecular weight is 438 g/mol. The second-order valence-corrected chi connectivity index (χ2v) is 8.96. The van der Waals surface area contributed by atoms with E-state index in [1.54, 1.807) is 49.6 Å². The highest BCUT2D eigenvalue weighted by atomic mass is 35.5. The third-order valence-corrected chi connectivity index (χ3v) is 7.52. The van der Waals surface area contributed by atoms with Crippen LogP contribution >= 0.6 is 11.6 Å². The monoisotopic (exact) mass is 437 g/mol. The van der Waals surface area contributed by atoms with Gasteiger partial charge in [0.25, 0.3) is 0 Å². The summed E-state index contributed by atoms with van der Waals surface area (Å²) in [7, 11) is 1.56. The molecule has 31 heavy (non-hydrogen) atoms. The maximum Gasteiger partial charge on any atom is 0.250 e. The molecule has 2 aromatic rings. The van der Waals surface area contributed by atoms with E-state index in [1.165, 1.54) is 4.90 Å². The molecule has 2 aromatic carbocycles. The summed E-state index contributed by atoms with van der Waals surface area (Å²) in [5.74, 6) is -1.53. The number of imide groups is 1. The zero-order chi connectivity index (χ0) is 21.5. The number of rotatable bonds is 2. The number of benzene rings is 2. The van der Waals surface area contributed by atoms with Gasteiger partial charge in [-0.2, -0.15) is 0 Å². The molecule has 0 bridgehead atoms. The van der Waals surface area contributed by atoms with Gasteiger partial charge in [0.15, 0.2) is 0 Å². The molecule has 1 N–H and O–H groups in total. The largest absolute Gasteiger partial charge is 0.497 e. The van der Waals surface area contributed by atoms with Gasteiger partial charge in [-0.15, -0.1) is 0 Å². The van der Waals surface area contributed by atoms with Crippen LogP contribution in [0.2, 0.25) is 5.02 Å². The molecule has 1 spiro atoms. The molecule has 7 nitrogen and oxygen atoms in total. The van der Waals surface area contributed by atoms with Crippen molar-refractivity contribution in [2.75, 3.05) is 23.9 Å². The minimum atomic E-state index is -1.21. The number of nitrogens with zero attached hydrogens (tertiary/aromatic N) is 2. The minimum absolute atomic E-state index is 0.152. The summed E-state index contributed by atoms with van der Waals surface area (Å²) < 4.78 is 5.20. The van der Waals surface area contributed by atoms with Crippen LogP contribution in [0.3, 0.4) is 0 Å². The molecule has 0 saturated carbocycles. The Kier molecular flexibility index (Phi) is 3.83. The van der Waals surface area contributed by atoms with E-state index in [0.717, 1.165) is 12.8 Å². The van der Waals surface area contributed by atoms with Crippen LogP contribution in [-0.2, 0) is 19.9 Å². The molecule has 4 atom stereocenters. The molecule has 3 amide bonds. The molecule has 4 aliphatic heterocycles. The van der Waals surface area contributed by atoms with Crippen molar-refractivity contribution < 1.29 is 19.1 Å². The van der Waals surface area contributed by atoms with E-state index in [-0.39, 0.29) is 23.8 Å². The number of methoxy groups -OCH3 is 1. The van der Waals surface area contributed by atoms with E-state index in [4.69, 9.17) is 16.3 Å². The van der Waals surface area contributed by atoms with E-state index in [2.05, 4.69) is 10.2 Å². The van der Waals surface area contributed by atoms with Gasteiger partial charge in [0.2, 0.25) is 17.7 Å². The van der Waals surface area contributed by atoms with E-state index in [1.807, 2.05) is 0 Å². The summed E-state index contributed by atoms with van der Waals surface area (Å²) in [5, 5.41) is 3.45. The van der Waals surface area contributed by atoms with Gasteiger partial charge in [0.1, 0.15) is 11.3 Å². The van der Waals surface area contributed by atoms with Gasteiger partial charge in [0.05, 0.1) is 24.6 Å². The van der Waals surface area contributed by atoms with Gasteiger partial charge in [-0.3, -0.25) is 19.3 Å². The number of ether oxygens (including phenoxy) is 1. The maximum absolute atomic E-state index is 13.8. The summed E-state index contributed by atoms with van der Waals surface area (Å²) >= 11 is 6.30. The molecule has 0 unspecified atom stereocenters. The predicted molar refractivity (Wildman–Crippen MR) is 114 cm³/mol. The van der Waals surface area contributed by atoms with E-state index in [9.17, 15) is 14.4 Å². The fraction of sp³-hybridized carbons (Fsp3) is 0.348. The van der Waals surface area contributed by atoms with Crippen LogP contribution in [0, 0.1) is 11.8 Å². The first kappa shape index (κ1) is 18.8. The fourth-order valence-corrected chi connectivity index (χ4v) is 6.33. The molecule has 0 aliphatic carbocycles. The number of carbonyl (C=O) groups excluding carboxylic acids is 3. The number of hydrogen-bond acceptors (Lipinski definition) is 5. The van der Waals surface area contributed by atoms with Crippen molar-refractivity contribution in [1.29, 1.82) is 0 Å². The highest BCUT2D eigenvalue weighted by molar-refractivity contribution is 6.31. The first-order valence-corrected chi connectivity index (χ1v) is 10.8. The zero-order valence-corrected chi connectivity index (χ0v) is 17.6. The third kappa shape index (κ3) is 2.20. The van der Waals surface area contributed by atoms with Crippen molar-refractivity contribution in [3.8, 4) is 5.75 Å². The van der Waals surface area contributed by atoms with Gasteiger partial charge in [-0.05, 0) is 61.9 Å². The molecule has 158 valence electrons. The summed E-state index contributed by atoms with van der Waals surface area (Å²) in [6.07, 6.45) is 1.66. The molecule has 0 aromatic heterocycles. The van der Waals surface area contributed by atoms with Crippen molar-refractivity contribution in [3.63, 3.8) is 0 Å². The molecule has 3 saturated heterocycles. The number of amides is 3. The van der Waals surface area contributed by atoms with Crippen LogP contribution in [0.1, 0.15) is 18.4 Å². The van der Waals surface area contributed by atoms with Crippen molar-refractivity contribution in [1.82, 2.24) is 4.90 Å². The summed E-state index contributed by atoms with van der Waals surface area (Å²) in [6, 6.07) is 11.9. The Morgan fingerprint density at radius 3 is 2.61 bits per heavy atom. The van der Waals surface area contributed by atoms with Crippen LogP contribution in [-0.4, -0.2) is 42.3 Å². The molecular weight excluding hydrogens is 418 g/mol. The highest BCUT2D eigenvalue weighted by Crippen LogP contribution is 2.60. The predicted octanol–water partition coefficient (Wildman–Crippen LogP) is 2.78. The second-order valence-electron chi connectivity index (χ2n) is 8.53. The Hall–Kier alpha value is -2.90. The number of halogens is 1. The molecule has 4 aliphatic rings. The Bertz CT molecular complexity index is 1150. The van der Waals surface area contributed by atoms with Crippen molar-refractivity contribution in [2.45, 2.75) is 24.4 Å². The molecule has 3 fully saturated rings. The van der Waals surface area contributed by atoms with E-state index < -0.39 is 17.4 Å². The standard InChI is InChI=1S/C23H20ClN3O4/c1-31-14-7-5-13(6-8-14)27-20(28)18-17-3-2-10-26(17)23(19(18)21(27)29)15-11-12(24)4-9-16(15)25-22(23)30/h4-9,11,17-19H,2-3,10H2,1H3,(H,25,30)/t17-,18-,19-,23+/m0/s1. The Morgan fingerprint density at radius 2 is 1.87 bits per heavy atom. The first-order chi connectivity index (χ1) is 15.0. The topological polar surface area (TPSA) is 78.9 Å². The second kappa shape index (κ2) is 6.31. The lowest BCUT2D eigenvalue weighted by atomic mass is 9.75. The van der Waals surface area contributed by atoms with Crippen molar-refractivity contribution in [3.05, 3.63) is 53.1 Å². The quantitative estimate of drug-likeness (QED) is 0.731. The average Bonchev–Trinajstić information content (AvgIpc) is 3.47. The maximum atomic E-state index is 13.8. The van der Waals surface area contributed by atoms with Crippen molar-refractivity contribution in [2.24, 2.45) is 11.8 Å². The molecular formula is C23H20ClN3O4. The van der Waals surface area contributed by atoms with Gasteiger partial charge >= 0.3 is 0 Å². The number of anilines is 2. The Balaban J connectivity index is 1.53. The van der Waals surface area contributed by atoms with E-state index >= 15 is 0 Å². The molecule has 0 radical (unpaired) electrons. The first-order valence-electron chi connectivity index (χ1n) is 10.4. The molecule has 8 heteroatoms. The number of fused-ring (bicyclic) bond motifs is 7. The summed E-state index contributed by atoms with van der Waals surface area (Å²) in [6.45, 7) is 0.667. The van der Waals surface area contributed by atoms with Crippen LogP contribution in [0.25, 0.3) is 0 Å².